The first-order chi connectivity index (χ1) is 8.19. The summed E-state index contributed by atoms with van der Waals surface area (Å²) in [5, 5.41) is 3.42. The zero-order valence-electron chi connectivity index (χ0n) is 9.69. The molecule has 1 amide bonds. The SMILES string of the molecule is CCCNC(=O)Cc1ccc2nc(N)sc2c1. The summed E-state index contributed by atoms with van der Waals surface area (Å²) >= 11 is 1.45. The fourth-order valence-electron chi connectivity index (χ4n) is 1.61. The number of aromatic nitrogens is 1. The zero-order chi connectivity index (χ0) is 12.3. The molecule has 0 fully saturated rings. The molecule has 0 saturated heterocycles. The standard InChI is InChI=1S/C12H15N3OS/c1-2-5-14-11(16)7-8-3-4-9-10(6-8)17-12(13)15-9/h3-4,6H,2,5,7H2,1H3,(H2,13,15)(H,14,16). The van der Waals surface area contributed by atoms with Crippen LogP contribution in [0.4, 0.5) is 5.13 Å². The molecule has 0 saturated carbocycles. The van der Waals surface area contributed by atoms with Crippen molar-refractivity contribution >= 4 is 32.6 Å². The van der Waals surface area contributed by atoms with Gasteiger partial charge in [0.15, 0.2) is 5.13 Å². The Morgan fingerprint density at radius 1 is 1.53 bits per heavy atom. The molecule has 2 rings (SSSR count). The Labute approximate surface area is 104 Å². The molecular weight excluding hydrogens is 234 g/mol. The zero-order valence-corrected chi connectivity index (χ0v) is 10.5. The van der Waals surface area contributed by atoms with Crippen LogP contribution in [0.1, 0.15) is 18.9 Å². The minimum Gasteiger partial charge on any atom is -0.375 e. The fraction of sp³-hybridized carbons (Fsp3) is 0.333. The van der Waals surface area contributed by atoms with E-state index in [9.17, 15) is 4.79 Å². The highest BCUT2D eigenvalue weighted by Gasteiger charge is 2.05. The van der Waals surface area contributed by atoms with Gasteiger partial charge in [-0.05, 0) is 24.1 Å². The minimum atomic E-state index is 0.0590. The molecule has 90 valence electrons. The van der Waals surface area contributed by atoms with E-state index >= 15 is 0 Å². The van der Waals surface area contributed by atoms with Crippen molar-refractivity contribution in [3.63, 3.8) is 0 Å². The summed E-state index contributed by atoms with van der Waals surface area (Å²) in [4.78, 5) is 15.7. The molecule has 1 aromatic carbocycles. The van der Waals surface area contributed by atoms with Crippen molar-refractivity contribution in [1.29, 1.82) is 0 Å². The summed E-state index contributed by atoms with van der Waals surface area (Å²) in [6.07, 6.45) is 1.36. The molecule has 4 nitrogen and oxygen atoms in total. The van der Waals surface area contributed by atoms with E-state index in [-0.39, 0.29) is 5.91 Å². The van der Waals surface area contributed by atoms with E-state index in [0.29, 0.717) is 11.6 Å². The third kappa shape index (κ3) is 2.94. The number of nitrogens with zero attached hydrogens (tertiary/aromatic N) is 1. The molecule has 0 bridgehead atoms. The van der Waals surface area contributed by atoms with Crippen LogP contribution >= 0.6 is 11.3 Å². The van der Waals surface area contributed by atoms with Crippen LogP contribution in [-0.2, 0) is 11.2 Å². The average Bonchev–Trinajstić information content (AvgIpc) is 2.65. The Bertz CT molecular complexity index is 536. The summed E-state index contributed by atoms with van der Waals surface area (Å²) in [6, 6.07) is 5.81. The maximum atomic E-state index is 11.6. The first kappa shape index (κ1) is 11.9. The van der Waals surface area contributed by atoms with Crippen molar-refractivity contribution in [3.05, 3.63) is 23.8 Å². The van der Waals surface area contributed by atoms with E-state index in [2.05, 4.69) is 10.3 Å². The van der Waals surface area contributed by atoms with Crippen molar-refractivity contribution in [2.24, 2.45) is 0 Å². The molecule has 0 spiro atoms. The first-order valence-corrected chi connectivity index (χ1v) is 6.42. The number of anilines is 1. The van der Waals surface area contributed by atoms with Crippen LogP contribution in [0.15, 0.2) is 18.2 Å². The topological polar surface area (TPSA) is 68.0 Å². The summed E-state index contributed by atoms with van der Waals surface area (Å²) in [5.74, 6) is 0.0590. The van der Waals surface area contributed by atoms with Gasteiger partial charge in [-0.3, -0.25) is 4.79 Å². The second-order valence-electron chi connectivity index (χ2n) is 3.88. The van der Waals surface area contributed by atoms with Crippen molar-refractivity contribution in [1.82, 2.24) is 10.3 Å². The summed E-state index contributed by atoms with van der Waals surface area (Å²) in [7, 11) is 0. The summed E-state index contributed by atoms with van der Waals surface area (Å²) in [6.45, 7) is 2.76. The van der Waals surface area contributed by atoms with Gasteiger partial charge in [-0.1, -0.05) is 24.3 Å². The number of nitrogens with two attached hydrogens (primary N) is 1. The number of carbonyl (C=O) groups excluding carboxylic acids is 1. The molecule has 17 heavy (non-hydrogen) atoms. The molecule has 0 aliphatic heterocycles. The molecule has 2 aromatic rings. The van der Waals surface area contributed by atoms with E-state index < -0.39 is 0 Å². The van der Waals surface area contributed by atoms with E-state index in [0.717, 1.165) is 28.7 Å². The third-order valence-electron chi connectivity index (χ3n) is 2.41. The van der Waals surface area contributed by atoms with Gasteiger partial charge in [0.25, 0.3) is 0 Å². The number of fused-ring (bicyclic) bond motifs is 1. The maximum absolute atomic E-state index is 11.6. The van der Waals surface area contributed by atoms with Gasteiger partial charge in [-0.25, -0.2) is 4.98 Å². The highest BCUT2D eigenvalue weighted by Crippen LogP contribution is 2.24. The van der Waals surface area contributed by atoms with Crippen LogP contribution in [0.3, 0.4) is 0 Å². The molecule has 0 radical (unpaired) electrons. The minimum absolute atomic E-state index is 0.0590. The van der Waals surface area contributed by atoms with Crippen molar-refractivity contribution in [3.8, 4) is 0 Å². The van der Waals surface area contributed by atoms with Crippen molar-refractivity contribution < 1.29 is 4.79 Å². The molecule has 0 aliphatic carbocycles. The smallest absolute Gasteiger partial charge is 0.224 e. The number of benzene rings is 1. The predicted molar refractivity (Wildman–Crippen MR) is 71.0 cm³/mol. The fourth-order valence-corrected chi connectivity index (χ4v) is 2.41. The number of hydrogen-bond acceptors (Lipinski definition) is 4. The number of amides is 1. The number of carbonyl (C=O) groups is 1. The monoisotopic (exact) mass is 249 g/mol. The lowest BCUT2D eigenvalue weighted by atomic mass is 10.1. The van der Waals surface area contributed by atoms with Gasteiger partial charge in [0.05, 0.1) is 16.6 Å². The molecule has 0 atom stereocenters. The molecule has 0 unspecified atom stereocenters. The van der Waals surface area contributed by atoms with E-state index in [1.165, 1.54) is 11.3 Å². The van der Waals surface area contributed by atoms with Gasteiger partial charge in [0.2, 0.25) is 5.91 Å². The van der Waals surface area contributed by atoms with Gasteiger partial charge < -0.3 is 11.1 Å². The number of rotatable bonds is 4. The lowest BCUT2D eigenvalue weighted by molar-refractivity contribution is -0.120. The quantitative estimate of drug-likeness (QED) is 0.870. The van der Waals surface area contributed by atoms with E-state index in [1.54, 1.807) is 0 Å². The number of nitrogen functional groups attached to an aromatic ring is 1. The van der Waals surface area contributed by atoms with E-state index in [1.807, 2.05) is 25.1 Å². The second kappa shape index (κ2) is 5.14. The lowest BCUT2D eigenvalue weighted by Crippen LogP contribution is -2.25. The highest BCUT2D eigenvalue weighted by molar-refractivity contribution is 7.22. The average molecular weight is 249 g/mol. The van der Waals surface area contributed by atoms with Gasteiger partial charge in [0.1, 0.15) is 0 Å². The molecule has 1 aromatic heterocycles. The van der Waals surface area contributed by atoms with Crippen LogP contribution in [0.25, 0.3) is 10.2 Å². The van der Waals surface area contributed by atoms with Crippen LogP contribution in [0, 0.1) is 0 Å². The molecule has 0 aliphatic rings. The van der Waals surface area contributed by atoms with Gasteiger partial charge in [0, 0.05) is 6.54 Å². The highest BCUT2D eigenvalue weighted by atomic mass is 32.1. The Kier molecular flexibility index (Phi) is 3.58. The van der Waals surface area contributed by atoms with Crippen LogP contribution in [0.2, 0.25) is 0 Å². The molecule has 3 N–H and O–H groups in total. The summed E-state index contributed by atoms with van der Waals surface area (Å²) < 4.78 is 1.03. The second-order valence-corrected chi connectivity index (χ2v) is 4.94. The van der Waals surface area contributed by atoms with Gasteiger partial charge in [-0.15, -0.1) is 0 Å². The molecular formula is C12H15N3OS. The molecule has 1 heterocycles. The number of nitrogens with one attached hydrogen (secondary N) is 1. The third-order valence-corrected chi connectivity index (χ3v) is 3.25. The van der Waals surface area contributed by atoms with Crippen LogP contribution in [0.5, 0.6) is 0 Å². The van der Waals surface area contributed by atoms with Gasteiger partial charge >= 0.3 is 0 Å². The van der Waals surface area contributed by atoms with Gasteiger partial charge in [-0.2, -0.15) is 0 Å². The largest absolute Gasteiger partial charge is 0.375 e. The lowest BCUT2D eigenvalue weighted by Gasteiger charge is -2.03. The van der Waals surface area contributed by atoms with Crippen LogP contribution in [-0.4, -0.2) is 17.4 Å². The summed E-state index contributed by atoms with van der Waals surface area (Å²) in [5.41, 5.74) is 7.52. The molecule has 5 heteroatoms. The Balaban J connectivity index is 2.10. The predicted octanol–water partition coefficient (Wildman–Crippen LogP) is 1.95. The first-order valence-electron chi connectivity index (χ1n) is 5.60. The van der Waals surface area contributed by atoms with Crippen LogP contribution < -0.4 is 11.1 Å². The number of thiazole rings is 1. The normalized spacial score (nSPS) is 10.6. The maximum Gasteiger partial charge on any atom is 0.224 e. The van der Waals surface area contributed by atoms with Crippen molar-refractivity contribution in [2.45, 2.75) is 19.8 Å². The van der Waals surface area contributed by atoms with E-state index in [4.69, 9.17) is 5.73 Å². The number of hydrogen-bond donors (Lipinski definition) is 2. The van der Waals surface area contributed by atoms with Crippen molar-refractivity contribution in [2.75, 3.05) is 12.3 Å². The Hall–Kier alpha value is -1.62. The Morgan fingerprint density at radius 2 is 2.35 bits per heavy atom. The Morgan fingerprint density at radius 3 is 3.12 bits per heavy atom.